The minimum absolute atomic E-state index is 0.0252. The third-order valence-electron chi connectivity index (χ3n) is 10.6. The summed E-state index contributed by atoms with van der Waals surface area (Å²) in [6.07, 6.45) is 9.67. The first-order chi connectivity index (χ1) is 24.2. The number of carbonyl (C=O) groups is 2. The highest BCUT2D eigenvalue weighted by atomic mass is 35.5. The highest BCUT2D eigenvalue weighted by Gasteiger charge is 2.47. The molecule has 5 aliphatic heterocycles. The third kappa shape index (κ3) is 6.49. The first-order valence-corrected chi connectivity index (χ1v) is 20.3. The number of nitrogens with one attached hydrogen (secondary N) is 1. The molecular weight excluding hydrogens is 696 g/mol. The second kappa shape index (κ2) is 13.4. The predicted octanol–water partition coefficient (Wildman–Crippen LogP) is 6.15. The molecule has 9 rings (SSSR count). The molecule has 1 N–H and O–H groups in total. The van der Waals surface area contributed by atoms with Crippen LogP contribution >= 0.6 is 23.4 Å². The van der Waals surface area contributed by atoms with E-state index >= 15 is 0 Å². The average molecular weight is 737 g/mol. The first-order valence-electron chi connectivity index (χ1n) is 17.2. The number of methoxy groups -OCH3 is 1. The van der Waals surface area contributed by atoms with Gasteiger partial charge in [0.15, 0.2) is 0 Å². The second-order valence-corrected chi connectivity index (χ2v) is 18.0. The van der Waals surface area contributed by atoms with Crippen molar-refractivity contribution < 1.29 is 28.0 Å². The predicted molar refractivity (Wildman–Crippen MR) is 196 cm³/mol. The molecule has 2 aromatic carbocycles. The zero-order chi connectivity index (χ0) is 34.5. The van der Waals surface area contributed by atoms with Gasteiger partial charge in [-0.3, -0.25) is 14.3 Å². The van der Waals surface area contributed by atoms with Crippen molar-refractivity contribution in [2.24, 2.45) is 10.3 Å². The smallest absolute Gasteiger partial charge is 0.286 e. The zero-order valence-corrected chi connectivity index (χ0v) is 30.4. The number of allylic oxidation sites excluding steroid dienone is 1. The van der Waals surface area contributed by atoms with Crippen LogP contribution in [0.25, 0.3) is 0 Å². The Kier molecular flexibility index (Phi) is 9.04. The fraction of sp³-hybridized carbons (Fsp3) is 0.459. The molecule has 1 unspecified atom stereocenters. The van der Waals surface area contributed by atoms with E-state index in [1.807, 2.05) is 34.5 Å². The van der Waals surface area contributed by atoms with Crippen molar-refractivity contribution in [1.82, 2.24) is 9.29 Å². The molecule has 3 aromatic rings. The van der Waals surface area contributed by atoms with Crippen LogP contribution in [0.15, 0.2) is 65.2 Å². The van der Waals surface area contributed by atoms with Gasteiger partial charge >= 0.3 is 0 Å². The normalized spacial score (nSPS) is 29.8. The standard InChI is InChI=1S/C37H41ClN4O6S2/c1-46-36-10-3-2-4-14-50(45,40-35(44)28-16-30-22-47-12-11-41(30)21-28)39-34(43)27-5-8-33-32(17-27)42(20-25(18-36)19-36)23-37(24-48-33)31-7-6-29(38)15-26(31)9-13-49-37/h3,5-8,10,15-17,21,25H,2,4,9,11-14,18-20,22-24H2,1H3,(H,39,40,43,44,45)/b10-3+/t25-,36+,37-,50?/m1/s1. The number of halogens is 1. The topological polar surface area (TPSA) is 111 Å². The van der Waals surface area contributed by atoms with Crippen molar-refractivity contribution in [2.75, 3.05) is 49.8 Å². The molecule has 1 fully saturated rings. The number of benzene rings is 2. The number of ether oxygens (including phenoxy) is 3. The van der Waals surface area contributed by atoms with Crippen molar-refractivity contribution in [3.63, 3.8) is 0 Å². The molecule has 10 nitrogen and oxygen atoms in total. The van der Waals surface area contributed by atoms with E-state index < -0.39 is 21.7 Å². The average Bonchev–Trinajstić information content (AvgIpc) is 3.47. The maximum atomic E-state index is 14.4. The van der Waals surface area contributed by atoms with E-state index in [1.54, 1.807) is 25.4 Å². The number of hydrogen-bond donors (Lipinski definition) is 1. The molecule has 2 atom stereocenters. The number of fused-ring (bicyclic) bond motifs is 8. The van der Waals surface area contributed by atoms with Gasteiger partial charge in [-0.1, -0.05) is 29.8 Å². The monoisotopic (exact) mass is 736 g/mol. The van der Waals surface area contributed by atoms with Gasteiger partial charge in [-0.2, -0.15) is 0 Å². The Morgan fingerprint density at radius 2 is 2.08 bits per heavy atom. The van der Waals surface area contributed by atoms with Crippen molar-refractivity contribution >= 4 is 50.8 Å². The molecular formula is C37H41ClN4O6S2. The van der Waals surface area contributed by atoms with Crippen LogP contribution in [0.2, 0.25) is 5.02 Å². The van der Waals surface area contributed by atoms with Crippen LogP contribution in [0.4, 0.5) is 5.69 Å². The SMILES string of the molecule is CO[C@]12/C=C/CCCS(=O)(NC(=O)c3cc4n(c3)CCOC4)=NC(=O)c3ccc4c(c3)N(C[C@]3(CO4)SCCc4cc(Cl)ccc43)C[C@@H](C1)C2. The fourth-order valence-electron chi connectivity index (χ4n) is 7.99. The number of rotatable bonds is 3. The van der Waals surface area contributed by atoms with E-state index in [2.05, 4.69) is 38.3 Å². The van der Waals surface area contributed by atoms with Crippen LogP contribution < -0.4 is 14.4 Å². The molecule has 1 aromatic heterocycles. The Morgan fingerprint density at radius 1 is 1.20 bits per heavy atom. The van der Waals surface area contributed by atoms with E-state index in [4.69, 9.17) is 25.8 Å². The third-order valence-corrected chi connectivity index (χ3v) is 14.1. The summed E-state index contributed by atoms with van der Waals surface area (Å²) < 4.78 is 41.1. The molecule has 0 radical (unpaired) electrons. The Balaban J connectivity index is 1.16. The van der Waals surface area contributed by atoms with Crippen LogP contribution in [0.1, 0.15) is 63.2 Å². The molecule has 264 valence electrons. The summed E-state index contributed by atoms with van der Waals surface area (Å²) >= 11 is 8.34. The van der Waals surface area contributed by atoms with Crippen LogP contribution in [-0.4, -0.2) is 71.1 Å². The highest BCUT2D eigenvalue weighted by Crippen LogP contribution is 2.50. The van der Waals surface area contributed by atoms with Gasteiger partial charge in [0.05, 0.1) is 40.6 Å². The molecule has 4 bridgehead atoms. The van der Waals surface area contributed by atoms with Gasteiger partial charge in [0.25, 0.3) is 11.8 Å². The molecule has 2 amide bonds. The molecule has 1 aliphatic carbocycles. The summed E-state index contributed by atoms with van der Waals surface area (Å²) in [5, 5.41) is 0.731. The van der Waals surface area contributed by atoms with Crippen molar-refractivity contribution in [3.8, 4) is 5.75 Å². The maximum Gasteiger partial charge on any atom is 0.286 e. The Hall–Kier alpha value is -3.29. The van der Waals surface area contributed by atoms with Crippen molar-refractivity contribution in [2.45, 2.75) is 55.6 Å². The van der Waals surface area contributed by atoms with Gasteiger partial charge in [0, 0.05) is 49.2 Å². The number of amides is 2. The van der Waals surface area contributed by atoms with E-state index in [9.17, 15) is 13.8 Å². The van der Waals surface area contributed by atoms with Gasteiger partial charge in [-0.15, -0.1) is 16.1 Å². The lowest BCUT2D eigenvalue weighted by molar-refractivity contribution is -0.0640. The molecule has 0 saturated heterocycles. The number of nitrogens with zero attached hydrogens (tertiary/aromatic N) is 3. The summed E-state index contributed by atoms with van der Waals surface area (Å²) in [6.45, 7) is 3.51. The molecule has 50 heavy (non-hydrogen) atoms. The van der Waals surface area contributed by atoms with Crippen molar-refractivity contribution in [3.05, 3.63) is 93.8 Å². The molecule has 1 saturated carbocycles. The van der Waals surface area contributed by atoms with E-state index in [0.717, 1.165) is 48.0 Å². The molecule has 6 heterocycles. The number of aryl methyl sites for hydroxylation is 1. The number of thioether (sulfide) groups is 1. The largest absolute Gasteiger partial charge is 0.490 e. The fourth-order valence-corrected chi connectivity index (χ4v) is 11.2. The summed E-state index contributed by atoms with van der Waals surface area (Å²) in [5.41, 5.74) is 4.45. The summed E-state index contributed by atoms with van der Waals surface area (Å²) in [6, 6.07) is 13.2. The second-order valence-electron chi connectivity index (χ2n) is 14.0. The van der Waals surface area contributed by atoms with Gasteiger partial charge < -0.3 is 23.7 Å². The van der Waals surface area contributed by atoms with Gasteiger partial charge in [0.1, 0.15) is 22.3 Å². The first kappa shape index (κ1) is 33.8. The number of carbonyl (C=O) groups excluding carboxylic acids is 2. The van der Waals surface area contributed by atoms with Gasteiger partial charge in [0.2, 0.25) is 0 Å². The maximum absolute atomic E-state index is 14.4. The van der Waals surface area contributed by atoms with E-state index in [1.165, 1.54) is 11.1 Å². The summed E-state index contributed by atoms with van der Waals surface area (Å²) in [4.78, 5) is 29.7. The van der Waals surface area contributed by atoms with E-state index in [0.29, 0.717) is 68.5 Å². The Labute approximate surface area is 302 Å². The molecule has 1 spiro atoms. The lowest BCUT2D eigenvalue weighted by Crippen LogP contribution is -2.51. The quantitative estimate of drug-likeness (QED) is 0.319. The number of anilines is 1. The lowest BCUT2D eigenvalue weighted by atomic mass is 9.70. The van der Waals surface area contributed by atoms with Crippen molar-refractivity contribution in [1.29, 1.82) is 0 Å². The lowest BCUT2D eigenvalue weighted by Gasteiger charge is -2.48. The minimum atomic E-state index is -3.48. The van der Waals surface area contributed by atoms with Crippen LogP contribution in [0, 0.1) is 5.92 Å². The highest BCUT2D eigenvalue weighted by molar-refractivity contribution is 8.00. The van der Waals surface area contributed by atoms with E-state index in [-0.39, 0.29) is 16.1 Å². The molecule has 13 heteroatoms. The number of aromatic nitrogens is 1. The van der Waals surface area contributed by atoms with Gasteiger partial charge in [-0.25, -0.2) is 4.21 Å². The van der Waals surface area contributed by atoms with Crippen LogP contribution in [0.3, 0.4) is 0 Å². The van der Waals surface area contributed by atoms with Crippen LogP contribution in [-0.2, 0) is 43.7 Å². The Morgan fingerprint density at radius 3 is 2.92 bits per heavy atom. The zero-order valence-electron chi connectivity index (χ0n) is 28.0. The number of hydrogen-bond acceptors (Lipinski definition) is 8. The van der Waals surface area contributed by atoms with Gasteiger partial charge in [-0.05, 0) is 91.3 Å². The minimum Gasteiger partial charge on any atom is -0.490 e. The molecule has 6 aliphatic rings. The summed E-state index contributed by atoms with van der Waals surface area (Å²) in [7, 11) is -1.72. The van der Waals surface area contributed by atoms with Crippen LogP contribution in [0.5, 0.6) is 5.75 Å². The summed E-state index contributed by atoms with van der Waals surface area (Å²) in [5.74, 6) is 0.864. The Bertz CT molecular complexity index is 1970.